The van der Waals surface area contributed by atoms with Gasteiger partial charge in [-0.25, -0.2) is 23.1 Å². The Kier molecular flexibility index (Phi) is 9.41. The van der Waals surface area contributed by atoms with Crippen molar-refractivity contribution in [3.63, 3.8) is 0 Å². The number of aryl methyl sites for hydroxylation is 1. The molecule has 0 amide bonds. The lowest BCUT2D eigenvalue weighted by Gasteiger charge is -2.17. The van der Waals surface area contributed by atoms with Crippen LogP contribution in [0.3, 0.4) is 0 Å². The maximum atomic E-state index is 13.7. The smallest absolute Gasteiger partial charge is 0.280 e. The Morgan fingerprint density at radius 2 is 1.85 bits per heavy atom. The number of benzene rings is 2. The van der Waals surface area contributed by atoms with Crippen LogP contribution in [0.5, 0.6) is 5.88 Å². The highest BCUT2D eigenvalue weighted by atomic mass is 19.3. The number of aldehydes is 1. The molecular weight excluding hydrogens is 533 g/mol. The zero-order valence-electron chi connectivity index (χ0n) is 22.2. The van der Waals surface area contributed by atoms with Gasteiger partial charge >= 0.3 is 0 Å². The van der Waals surface area contributed by atoms with E-state index in [0.717, 1.165) is 17.4 Å². The summed E-state index contributed by atoms with van der Waals surface area (Å²) in [5.41, 5.74) is 9.19. The number of halogens is 3. The number of nitrogens with one attached hydrogen (secondary N) is 1. The maximum Gasteiger partial charge on any atom is 0.280 e. The third kappa shape index (κ3) is 7.33. The van der Waals surface area contributed by atoms with Crippen molar-refractivity contribution >= 4 is 25.0 Å². The summed E-state index contributed by atoms with van der Waals surface area (Å²) >= 11 is 0. The molecule has 0 aliphatic carbocycles. The topological polar surface area (TPSA) is 115 Å². The third-order valence-electron chi connectivity index (χ3n) is 5.99. The van der Waals surface area contributed by atoms with Crippen LogP contribution in [0.2, 0.25) is 0 Å². The molecule has 2 aromatic heterocycles. The second-order valence-corrected chi connectivity index (χ2v) is 8.87. The number of ether oxygens (including phenoxy) is 1. The standard InChI is InChI=1S/C30H27F3N6O2/c1-18-15-22(16-24(37-18)28(32)33)26-27(20-7-9-23(31)10-8-20)38-30(34)39-29(26)41-14-11-19-5-3-4-6-21(19)17-25(35-2)36-12-13-40/h3-10,13,15-17,28,36H,2,11-12,14H2,1H3,(H2,34,38,39)/b25-17+. The summed E-state index contributed by atoms with van der Waals surface area (Å²) in [6.45, 7) is 5.36. The van der Waals surface area contributed by atoms with Crippen LogP contribution in [0, 0.1) is 12.7 Å². The Bertz CT molecular complexity index is 1580. The zero-order chi connectivity index (χ0) is 29.4. The molecule has 0 atom stereocenters. The molecule has 8 nitrogen and oxygen atoms in total. The van der Waals surface area contributed by atoms with E-state index >= 15 is 0 Å². The van der Waals surface area contributed by atoms with E-state index in [4.69, 9.17) is 10.5 Å². The number of nitrogens with zero attached hydrogens (tertiary/aromatic N) is 4. The van der Waals surface area contributed by atoms with Gasteiger partial charge in [-0.1, -0.05) is 24.3 Å². The van der Waals surface area contributed by atoms with Crippen molar-refractivity contribution in [2.75, 3.05) is 18.9 Å². The van der Waals surface area contributed by atoms with Crippen LogP contribution >= 0.6 is 0 Å². The number of carbonyl (C=O) groups excluding carboxylic acids is 1. The average Bonchev–Trinajstić information content (AvgIpc) is 2.95. The summed E-state index contributed by atoms with van der Waals surface area (Å²) in [6.07, 6.45) is 0.108. The molecule has 11 heteroatoms. The van der Waals surface area contributed by atoms with Gasteiger partial charge in [0.05, 0.1) is 24.4 Å². The number of carbonyl (C=O) groups is 1. The molecule has 0 saturated carbocycles. The van der Waals surface area contributed by atoms with Gasteiger partial charge in [0.15, 0.2) is 0 Å². The minimum absolute atomic E-state index is 0.0803. The number of aliphatic imine (C=N–C) groups is 1. The predicted octanol–water partition coefficient (Wildman–Crippen LogP) is 5.58. The number of hydrogen-bond donors (Lipinski definition) is 2. The monoisotopic (exact) mass is 560 g/mol. The van der Waals surface area contributed by atoms with E-state index in [1.807, 2.05) is 24.3 Å². The Labute approximate surface area is 234 Å². The van der Waals surface area contributed by atoms with Gasteiger partial charge in [0.2, 0.25) is 11.8 Å². The lowest BCUT2D eigenvalue weighted by molar-refractivity contribution is -0.107. The van der Waals surface area contributed by atoms with Crippen LogP contribution in [0.1, 0.15) is 28.9 Å². The van der Waals surface area contributed by atoms with Gasteiger partial charge < -0.3 is 20.6 Å². The number of alkyl halides is 2. The molecule has 0 unspecified atom stereocenters. The number of hydrogen-bond acceptors (Lipinski definition) is 8. The first-order valence-electron chi connectivity index (χ1n) is 12.6. The molecule has 0 bridgehead atoms. The second kappa shape index (κ2) is 13.3. The van der Waals surface area contributed by atoms with Gasteiger partial charge in [-0.3, -0.25) is 4.98 Å². The van der Waals surface area contributed by atoms with Gasteiger partial charge in [-0.05, 0) is 72.8 Å². The van der Waals surface area contributed by atoms with Crippen LogP contribution < -0.4 is 15.8 Å². The summed E-state index contributed by atoms with van der Waals surface area (Å²) in [5, 5.41) is 2.87. The summed E-state index contributed by atoms with van der Waals surface area (Å²) in [4.78, 5) is 27.2. The van der Waals surface area contributed by atoms with E-state index in [0.29, 0.717) is 40.3 Å². The van der Waals surface area contributed by atoms with Gasteiger partial charge in [0.25, 0.3) is 6.43 Å². The van der Waals surface area contributed by atoms with Crippen molar-refractivity contribution in [1.29, 1.82) is 0 Å². The quantitative estimate of drug-likeness (QED) is 0.172. The Morgan fingerprint density at radius 3 is 2.56 bits per heavy atom. The molecule has 0 spiro atoms. The number of anilines is 1. The van der Waals surface area contributed by atoms with E-state index in [9.17, 15) is 18.0 Å². The molecule has 0 aliphatic heterocycles. The highest BCUT2D eigenvalue weighted by Crippen LogP contribution is 2.39. The normalized spacial score (nSPS) is 11.4. The molecule has 4 rings (SSSR count). The first-order chi connectivity index (χ1) is 19.8. The van der Waals surface area contributed by atoms with E-state index in [-0.39, 0.29) is 25.0 Å². The third-order valence-corrected chi connectivity index (χ3v) is 5.99. The van der Waals surface area contributed by atoms with Gasteiger partial charge in [0.1, 0.15) is 23.6 Å². The van der Waals surface area contributed by atoms with Crippen molar-refractivity contribution in [2.45, 2.75) is 19.8 Å². The van der Waals surface area contributed by atoms with Crippen LogP contribution in [0.4, 0.5) is 19.1 Å². The summed E-state index contributed by atoms with van der Waals surface area (Å²) in [5.74, 6) is -0.0356. The van der Waals surface area contributed by atoms with Crippen molar-refractivity contribution in [1.82, 2.24) is 20.3 Å². The first-order valence-corrected chi connectivity index (χ1v) is 12.6. The molecule has 2 heterocycles. The minimum Gasteiger partial charge on any atom is -0.477 e. The van der Waals surface area contributed by atoms with Crippen molar-refractivity contribution in [3.8, 4) is 28.3 Å². The second-order valence-electron chi connectivity index (χ2n) is 8.87. The Balaban J connectivity index is 1.73. The van der Waals surface area contributed by atoms with E-state index in [1.165, 1.54) is 30.3 Å². The van der Waals surface area contributed by atoms with E-state index in [1.54, 1.807) is 19.1 Å². The Morgan fingerprint density at radius 1 is 1.10 bits per heavy atom. The molecule has 2 aromatic carbocycles. The number of nitrogen functional groups attached to an aromatic ring is 1. The van der Waals surface area contributed by atoms with Gasteiger partial charge in [0, 0.05) is 17.7 Å². The molecule has 0 fully saturated rings. The zero-order valence-corrected chi connectivity index (χ0v) is 22.2. The SMILES string of the molecule is C=N/C(=C\c1ccccc1CCOc1nc(N)nc(-c2ccc(F)cc2)c1-c1cc(C)nc(C(F)F)c1)NCC=O. The van der Waals surface area contributed by atoms with E-state index in [2.05, 4.69) is 32.0 Å². The van der Waals surface area contributed by atoms with E-state index < -0.39 is 17.9 Å². The van der Waals surface area contributed by atoms with Crippen molar-refractivity contribution < 1.29 is 22.7 Å². The summed E-state index contributed by atoms with van der Waals surface area (Å²) in [6, 6.07) is 16.0. The molecule has 3 N–H and O–H groups in total. The number of pyridine rings is 1. The van der Waals surface area contributed by atoms with Crippen LogP contribution in [0.15, 0.2) is 71.5 Å². The highest BCUT2D eigenvalue weighted by molar-refractivity contribution is 5.85. The van der Waals surface area contributed by atoms with Crippen molar-refractivity contribution in [2.24, 2.45) is 4.99 Å². The molecule has 210 valence electrons. The van der Waals surface area contributed by atoms with Gasteiger partial charge in [-0.15, -0.1) is 0 Å². The molecule has 0 aliphatic rings. The lowest BCUT2D eigenvalue weighted by atomic mass is 9.99. The van der Waals surface area contributed by atoms with Crippen LogP contribution in [-0.2, 0) is 11.2 Å². The molecule has 0 radical (unpaired) electrons. The van der Waals surface area contributed by atoms with Crippen LogP contribution in [-0.4, -0.2) is 41.1 Å². The predicted molar refractivity (Wildman–Crippen MR) is 152 cm³/mol. The Hall–Kier alpha value is -5.06. The maximum absolute atomic E-state index is 13.7. The fraction of sp³-hybridized carbons (Fsp3) is 0.167. The first kappa shape index (κ1) is 28.9. The molecule has 4 aromatic rings. The molecule has 41 heavy (non-hydrogen) atoms. The average molecular weight is 561 g/mol. The minimum atomic E-state index is -2.80. The largest absolute Gasteiger partial charge is 0.477 e. The van der Waals surface area contributed by atoms with Crippen molar-refractivity contribution in [3.05, 3.63) is 94.8 Å². The molecule has 0 saturated heterocycles. The summed E-state index contributed by atoms with van der Waals surface area (Å²) in [7, 11) is 0. The number of rotatable bonds is 12. The van der Waals surface area contributed by atoms with Gasteiger partial charge in [-0.2, -0.15) is 4.98 Å². The summed E-state index contributed by atoms with van der Waals surface area (Å²) < 4.78 is 47.1. The van der Waals surface area contributed by atoms with Crippen LogP contribution in [0.25, 0.3) is 28.5 Å². The number of nitrogens with two attached hydrogens (primary N) is 1. The highest BCUT2D eigenvalue weighted by Gasteiger charge is 2.21. The molecular formula is C30H27F3N6O2. The number of aromatic nitrogens is 3. The fourth-order valence-electron chi connectivity index (χ4n) is 4.19. The lowest BCUT2D eigenvalue weighted by Crippen LogP contribution is -2.14. The fourth-order valence-corrected chi connectivity index (χ4v) is 4.19.